The summed E-state index contributed by atoms with van der Waals surface area (Å²) in [6.45, 7) is 7.61. The monoisotopic (exact) mass is 426 g/mol. The average molecular weight is 427 g/mol. The van der Waals surface area contributed by atoms with Gasteiger partial charge >= 0.3 is 5.97 Å². The van der Waals surface area contributed by atoms with Crippen LogP contribution in [0.4, 0.5) is 0 Å². The van der Waals surface area contributed by atoms with E-state index in [0.29, 0.717) is 38.4 Å². The van der Waals surface area contributed by atoms with Crippen LogP contribution in [0.15, 0.2) is 23.1 Å². The highest BCUT2D eigenvalue weighted by Gasteiger charge is 2.29. The highest BCUT2D eigenvalue weighted by molar-refractivity contribution is 7.89. The Balaban J connectivity index is 2.31. The van der Waals surface area contributed by atoms with E-state index >= 15 is 0 Å². The van der Waals surface area contributed by atoms with Crippen LogP contribution in [-0.2, 0) is 24.3 Å². The zero-order chi connectivity index (χ0) is 21.6. The summed E-state index contributed by atoms with van der Waals surface area (Å²) < 4.78 is 37.4. The second kappa shape index (κ2) is 10.2. The third kappa shape index (κ3) is 6.01. The van der Waals surface area contributed by atoms with E-state index < -0.39 is 16.0 Å². The lowest BCUT2D eigenvalue weighted by atomic mass is 10.1. The fourth-order valence-electron chi connectivity index (χ4n) is 3.16. The van der Waals surface area contributed by atoms with Gasteiger partial charge in [0.05, 0.1) is 31.6 Å². The molecule has 1 aliphatic rings. The van der Waals surface area contributed by atoms with Crippen molar-refractivity contribution in [3.05, 3.63) is 29.3 Å². The molecule has 29 heavy (non-hydrogen) atoms. The predicted molar refractivity (Wildman–Crippen MR) is 108 cm³/mol. The number of carbonyl (C=O) groups is 2. The summed E-state index contributed by atoms with van der Waals surface area (Å²) in [5.74, 6) is -0.509. The second-order valence-corrected chi connectivity index (χ2v) is 9.37. The van der Waals surface area contributed by atoms with Gasteiger partial charge in [0.2, 0.25) is 10.0 Å². The minimum absolute atomic E-state index is 0.0831. The number of benzene rings is 1. The third-order valence-electron chi connectivity index (χ3n) is 4.71. The summed E-state index contributed by atoms with van der Waals surface area (Å²) in [4.78, 5) is 26.3. The molecule has 0 radical (unpaired) electrons. The molecule has 1 aromatic rings. The maximum atomic E-state index is 13.1. The fraction of sp³-hybridized carbons (Fsp3) is 0.600. The number of nitrogens with zero attached hydrogens (tertiary/aromatic N) is 2. The minimum atomic E-state index is -3.72. The van der Waals surface area contributed by atoms with E-state index in [0.717, 1.165) is 0 Å². The standard InChI is InChI=1S/C20H30N2O6S/c1-15(2)14-21(8-7-19(23)27-4)20(24)17-6-5-16(3)18(13-17)29(25,26)22-9-11-28-12-10-22/h5-6,13,15H,7-12,14H2,1-4H3. The Morgan fingerprint density at radius 2 is 1.90 bits per heavy atom. The van der Waals surface area contributed by atoms with Gasteiger partial charge in [0.1, 0.15) is 0 Å². The summed E-state index contributed by atoms with van der Waals surface area (Å²) in [6, 6.07) is 4.71. The predicted octanol–water partition coefficient (Wildman–Crippen LogP) is 1.68. The van der Waals surface area contributed by atoms with E-state index in [1.807, 2.05) is 13.8 Å². The number of hydrogen-bond acceptors (Lipinski definition) is 6. The van der Waals surface area contributed by atoms with Crippen molar-refractivity contribution in [1.82, 2.24) is 9.21 Å². The van der Waals surface area contributed by atoms with E-state index in [9.17, 15) is 18.0 Å². The number of sulfonamides is 1. The van der Waals surface area contributed by atoms with Crippen LogP contribution in [0, 0.1) is 12.8 Å². The average Bonchev–Trinajstić information content (AvgIpc) is 2.70. The number of methoxy groups -OCH3 is 1. The lowest BCUT2D eigenvalue weighted by Crippen LogP contribution is -2.41. The van der Waals surface area contributed by atoms with Crippen LogP contribution in [0.25, 0.3) is 0 Å². The molecule has 2 rings (SSSR count). The number of ether oxygens (including phenoxy) is 2. The molecule has 0 spiro atoms. The number of rotatable bonds is 8. The van der Waals surface area contributed by atoms with E-state index in [4.69, 9.17) is 4.74 Å². The maximum Gasteiger partial charge on any atom is 0.307 e. The Bertz CT molecular complexity index is 831. The SMILES string of the molecule is COC(=O)CCN(CC(C)C)C(=O)c1ccc(C)c(S(=O)(=O)N2CCOCC2)c1. The lowest BCUT2D eigenvalue weighted by Gasteiger charge is -2.27. The summed E-state index contributed by atoms with van der Waals surface area (Å²) >= 11 is 0. The number of carbonyl (C=O) groups excluding carboxylic acids is 2. The molecule has 0 unspecified atom stereocenters. The molecule has 0 saturated carbocycles. The first-order valence-electron chi connectivity index (χ1n) is 9.71. The van der Waals surface area contributed by atoms with Crippen molar-refractivity contribution in [2.75, 3.05) is 46.5 Å². The van der Waals surface area contributed by atoms with Crippen LogP contribution in [0.3, 0.4) is 0 Å². The van der Waals surface area contributed by atoms with Gasteiger partial charge in [-0.3, -0.25) is 9.59 Å². The number of aryl methyl sites for hydroxylation is 1. The third-order valence-corrected chi connectivity index (χ3v) is 6.75. The van der Waals surface area contributed by atoms with Crippen molar-refractivity contribution in [3.63, 3.8) is 0 Å². The molecule has 1 aromatic carbocycles. The van der Waals surface area contributed by atoms with Crippen molar-refractivity contribution >= 4 is 21.9 Å². The van der Waals surface area contributed by atoms with Gasteiger partial charge in [-0.2, -0.15) is 4.31 Å². The smallest absolute Gasteiger partial charge is 0.307 e. The normalized spacial score (nSPS) is 15.3. The van der Waals surface area contributed by atoms with Crippen LogP contribution in [0.5, 0.6) is 0 Å². The highest BCUT2D eigenvalue weighted by Crippen LogP contribution is 2.23. The molecular formula is C20H30N2O6S. The van der Waals surface area contributed by atoms with Crippen LogP contribution in [-0.4, -0.2) is 76.0 Å². The quantitative estimate of drug-likeness (QED) is 0.587. The number of hydrogen-bond donors (Lipinski definition) is 0. The minimum Gasteiger partial charge on any atom is -0.469 e. The van der Waals surface area contributed by atoms with E-state index in [-0.39, 0.29) is 35.2 Å². The summed E-state index contributed by atoms with van der Waals surface area (Å²) in [6.07, 6.45) is 0.0831. The van der Waals surface area contributed by atoms with Gasteiger partial charge in [-0.15, -0.1) is 0 Å². The molecule has 0 N–H and O–H groups in total. The summed E-state index contributed by atoms with van der Waals surface area (Å²) in [5, 5.41) is 0. The molecule has 1 amide bonds. The van der Waals surface area contributed by atoms with Gasteiger partial charge in [0.25, 0.3) is 5.91 Å². The Hall–Kier alpha value is -1.97. The zero-order valence-corrected chi connectivity index (χ0v) is 18.3. The van der Waals surface area contributed by atoms with Gasteiger partial charge in [-0.25, -0.2) is 8.42 Å². The van der Waals surface area contributed by atoms with Gasteiger partial charge in [-0.05, 0) is 30.5 Å². The van der Waals surface area contributed by atoms with Crippen molar-refractivity contribution in [2.24, 2.45) is 5.92 Å². The molecule has 9 heteroatoms. The topological polar surface area (TPSA) is 93.2 Å². The number of amides is 1. The summed E-state index contributed by atoms with van der Waals surface area (Å²) in [5.41, 5.74) is 0.867. The van der Waals surface area contributed by atoms with Crippen molar-refractivity contribution in [3.8, 4) is 0 Å². The van der Waals surface area contributed by atoms with Gasteiger partial charge in [0, 0.05) is 31.7 Å². The Labute approximate surface area is 172 Å². The van der Waals surface area contributed by atoms with Crippen LogP contribution in [0.1, 0.15) is 36.2 Å². The van der Waals surface area contributed by atoms with Gasteiger partial charge < -0.3 is 14.4 Å². The molecule has 8 nitrogen and oxygen atoms in total. The van der Waals surface area contributed by atoms with Crippen LogP contribution < -0.4 is 0 Å². The van der Waals surface area contributed by atoms with Crippen molar-refractivity contribution in [1.29, 1.82) is 0 Å². The number of esters is 1. The largest absolute Gasteiger partial charge is 0.469 e. The molecule has 1 saturated heterocycles. The highest BCUT2D eigenvalue weighted by atomic mass is 32.2. The van der Waals surface area contributed by atoms with Gasteiger partial charge in [-0.1, -0.05) is 19.9 Å². The maximum absolute atomic E-state index is 13.1. The molecule has 1 fully saturated rings. The van der Waals surface area contributed by atoms with Crippen LogP contribution >= 0.6 is 0 Å². The molecule has 0 aromatic heterocycles. The van der Waals surface area contributed by atoms with E-state index in [1.165, 1.54) is 17.5 Å². The first kappa shape index (κ1) is 23.3. The van der Waals surface area contributed by atoms with E-state index in [2.05, 4.69) is 4.74 Å². The molecule has 1 aliphatic heterocycles. The summed E-state index contributed by atoms with van der Waals surface area (Å²) in [7, 11) is -2.41. The second-order valence-electron chi connectivity index (χ2n) is 7.47. The Kier molecular flexibility index (Phi) is 8.18. The van der Waals surface area contributed by atoms with E-state index in [1.54, 1.807) is 24.0 Å². The van der Waals surface area contributed by atoms with Crippen LogP contribution in [0.2, 0.25) is 0 Å². The molecule has 0 aliphatic carbocycles. The Morgan fingerprint density at radius 1 is 1.24 bits per heavy atom. The molecule has 162 valence electrons. The molecule has 0 atom stereocenters. The Morgan fingerprint density at radius 3 is 2.48 bits per heavy atom. The first-order chi connectivity index (χ1) is 13.7. The lowest BCUT2D eigenvalue weighted by molar-refractivity contribution is -0.140. The van der Waals surface area contributed by atoms with Crippen molar-refractivity contribution < 1.29 is 27.5 Å². The molecular weight excluding hydrogens is 396 g/mol. The molecule has 0 bridgehead atoms. The van der Waals surface area contributed by atoms with Gasteiger partial charge in [0.15, 0.2) is 0 Å². The molecule has 1 heterocycles. The fourth-order valence-corrected chi connectivity index (χ4v) is 4.82. The zero-order valence-electron chi connectivity index (χ0n) is 17.5. The first-order valence-corrected chi connectivity index (χ1v) is 11.2. The van der Waals surface area contributed by atoms with Crippen molar-refractivity contribution in [2.45, 2.75) is 32.1 Å². The number of morpholine rings is 1.